The second kappa shape index (κ2) is 9.17. The molecule has 170 valence electrons. The van der Waals surface area contributed by atoms with Gasteiger partial charge in [0.2, 0.25) is 0 Å². The molecule has 0 unspecified atom stereocenters. The Morgan fingerprint density at radius 1 is 1.21 bits per heavy atom. The first-order chi connectivity index (χ1) is 15.7. The topological polar surface area (TPSA) is 102 Å². The summed E-state index contributed by atoms with van der Waals surface area (Å²) in [6.45, 7) is 0.847. The Labute approximate surface area is 184 Å². The molecule has 3 aromatic rings. The van der Waals surface area contributed by atoms with Crippen molar-refractivity contribution in [3.8, 4) is 23.6 Å². The Bertz CT molecular complexity index is 1200. The summed E-state index contributed by atoms with van der Waals surface area (Å²) in [6, 6.07) is 8.88. The van der Waals surface area contributed by atoms with E-state index in [9.17, 15) is 23.3 Å². The maximum absolute atomic E-state index is 12.2. The summed E-state index contributed by atoms with van der Waals surface area (Å²) in [4.78, 5) is 18.2. The highest BCUT2D eigenvalue weighted by Gasteiger charge is 2.31. The molecule has 0 amide bonds. The Morgan fingerprint density at radius 2 is 2.00 bits per heavy atom. The quantitative estimate of drug-likeness (QED) is 0.326. The first kappa shape index (κ1) is 22.1. The average Bonchev–Trinajstić information content (AvgIpc) is 3.21. The summed E-state index contributed by atoms with van der Waals surface area (Å²) in [6.07, 6.45) is -2.15. The Morgan fingerprint density at radius 3 is 2.67 bits per heavy atom. The molecule has 3 heterocycles. The van der Waals surface area contributed by atoms with Gasteiger partial charge in [-0.2, -0.15) is 0 Å². The van der Waals surface area contributed by atoms with Crippen LogP contribution in [0.2, 0.25) is 0 Å². The van der Waals surface area contributed by atoms with Gasteiger partial charge in [-0.1, -0.05) is 12.0 Å². The molecule has 0 spiro atoms. The van der Waals surface area contributed by atoms with Gasteiger partial charge in [0.15, 0.2) is 0 Å². The van der Waals surface area contributed by atoms with Crippen molar-refractivity contribution in [2.75, 3.05) is 6.61 Å². The third-order valence-electron chi connectivity index (χ3n) is 4.45. The molecule has 0 radical (unpaired) electrons. The van der Waals surface area contributed by atoms with Crippen molar-refractivity contribution in [1.29, 1.82) is 0 Å². The van der Waals surface area contributed by atoms with Crippen LogP contribution in [0, 0.1) is 22.0 Å². The van der Waals surface area contributed by atoms with Crippen LogP contribution in [0.1, 0.15) is 16.8 Å². The van der Waals surface area contributed by atoms with Crippen molar-refractivity contribution in [3.63, 3.8) is 0 Å². The van der Waals surface area contributed by atoms with Crippen molar-refractivity contribution in [1.82, 2.24) is 14.5 Å². The third-order valence-corrected chi connectivity index (χ3v) is 4.45. The van der Waals surface area contributed by atoms with Crippen molar-refractivity contribution >= 4 is 5.82 Å². The van der Waals surface area contributed by atoms with E-state index in [2.05, 4.69) is 26.5 Å². The lowest BCUT2D eigenvalue weighted by Gasteiger charge is -2.22. The Kier molecular flexibility index (Phi) is 6.14. The molecule has 9 nitrogen and oxygen atoms in total. The second-order valence-electron chi connectivity index (χ2n) is 6.91. The van der Waals surface area contributed by atoms with E-state index in [0.717, 1.165) is 5.56 Å². The van der Waals surface area contributed by atoms with Crippen molar-refractivity contribution in [3.05, 3.63) is 75.7 Å². The molecule has 0 N–H and O–H groups in total. The van der Waals surface area contributed by atoms with E-state index in [-0.39, 0.29) is 36.9 Å². The van der Waals surface area contributed by atoms with E-state index < -0.39 is 11.3 Å². The predicted molar refractivity (Wildman–Crippen MR) is 106 cm³/mol. The highest BCUT2D eigenvalue weighted by Crippen LogP contribution is 2.23. The molecular formula is C21H15F3N4O5. The van der Waals surface area contributed by atoms with Gasteiger partial charge in [-0.05, 0) is 46.7 Å². The largest absolute Gasteiger partial charge is 0.573 e. The van der Waals surface area contributed by atoms with Crippen LogP contribution < -0.4 is 9.47 Å². The molecule has 2 aromatic heterocycles. The zero-order chi connectivity index (χ0) is 23.4. The highest BCUT2D eigenvalue weighted by atomic mass is 19.4. The number of rotatable bonds is 5. The molecule has 0 aliphatic carbocycles. The SMILES string of the molecule is O=[N+]([O-])c1cn2c(n1)OC[C@@H](OCc1ccc(C#Cc3ccc(OC(F)(F)F)cc3)nc1)C2. The summed E-state index contributed by atoms with van der Waals surface area (Å²) >= 11 is 0. The number of fused-ring (bicyclic) bond motifs is 1. The number of nitrogens with zero attached hydrogens (tertiary/aromatic N) is 4. The normalized spacial score (nSPS) is 15.1. The fourth-order valence-electron chi connectivity index (χ4n) is 2.93. The Hall–Kier alpha value is -4.11. The monoisotopic (exact) mass is 460 g/mol. The molecule has 0 saturated heterocycles. The molecule has 4 rings (SSSR count). The average molecular weight is 460 g/mol. The van der Waals surface area contributed by atoms with Crippen LogP contribution in [0.15, 0.2) is 48.8 Å². The maximum atomic E-state index is 12.2. The molecule has 1 aliphatic heterocycles. The Balaban J connectivity index is 1.30. The first-order valence-electron chi connectivity index (χ1n) is 9.54. The lowest BCUT2D eigenvalue weighted by molar-refractivity contribution is -0.389. The van der Waals surface area contributed by atoms with E-state index in [1.54, 1.807) is 18.3 Å². The number of halogens is 3. The predicted octanol–water partition coefficient (Wildman–Crippen LogP) is 3.46. The van der Waals surface area contributed by atoms with E-state index >= 15 is 0 Å². The smallest absolute Gasteiger partial charge is 0.443 e. The summed E-state index contributed by atoms with van der Waals surface area (Å²) in [5, 5.41) is 10.8. The second-order valence-corrected chi connectivity index (χ2v) is 6.91. The zero-order valence-corrected chi connectivity index (χ0v) is 16.8. The van der Waals surface area contributed by atoms with Crippen LogP contribution in [-0.2, 0) is 17.9 Å². The van der Waals surface area contributed by atoms with Gasteiger partial charge in [0.05, 0.1) is 13.2 Å². The number of imidazole rings is 1. The number of ether oxygens (including phenoxy) is 3. The molecule has 1 aliphatic rings. The number of nitro groups is 1. The first-order valence-corrected chi connectivity index (χ1v) is 9.54. The summed E-state index contributed by atoms with van der Waals surface area (Å²) in [7, 11) is 0. The van der Waals surface area contributed by atoms with Gasteiger partial charge in [-0.3, -0.25) is 4.57 Å². The summed E-state index contributed by atoms with van der Waals surface area (Å²) < 4.78 is 53.1. The van der Waals surface area contributed by atoms with Gasteiger partial charge < -0.3 is 24.3 Å². The molecule has 1 aromatic carbocycles. The maximum Gasteiger partial charge on any atom is 0.573 e. The van der Waals surface area contributed by atoms with E-state index in [4.69, 9.17) is 9.47 Å². The number of benzene rings is 1. The van der Waals surface area contributed by atoms with Crippen LogP contribution in [0.25, 0.3) is 0 Å². The fraction of sp³-hybridized carbons (Fsp3) is 0.238. The lowest BCUT2D eigenvalue weighted by Crippen LogP contribution is -2.32. The van der Waals surface area contributed by atoms with Crippen molar-refractivity contribution in [2.24, 2.45) is 0 Å². The van der Waals surface area contributed by atoms with Gasteiger partial charge in [-0.15, -0.1) is 13.2 Å². The van der Waals surface area contributed by atoms with Crippen LogP contribution >= 0.6 is 0 Å². The van der Waals surface area contributed by atoms with Gasteiger partial charge in [0.1, 0.15) is 30.4 Å². The molecule has 0 saturated carbocycles. The van der Waals surface area contributed by atoms with Crippen LogP contribution in [0.5, 0.6) is 11.8 Å². The number of alkyl halides is 3. The lowest BCUT2D eigenvalue weighted by atomic mass is 10.2. The van der Waals surface area contributed by atoms with Gasteiger partial charge in [0.25, 0.3) is 0 Å². The van der Waals surface area contributed by atoms with E-state index in [1.165, 1.54) is 35.0 Å². The van der Waals surface area contributed by atoms with Crippen LogP contribution in [0.3, 0.4) is 0 Å². The van der Waals surface area contributed by atoms with Gasteiger partial charge in [0, 0.05) is 16.7 Å². The standard InChI is InChI=1S/C21H15F3N4O5/c22-21(23,24)33-17-7-3-14(4-8-17)1-5-16-6-2-15(9-25-16)12-31-18-10-27-11-19(28(29)30)26-20(27)32-13-18/h2-4,6-9,11,18H,10,12-13H2/t18-/m0/s1. The number of pyridine rings is 1. The molecule has 33 heavy (non-hydrogen) atoms. The molecule has 1 atom stereocenters. The zero-order valence-electron chi connectivity index (χ0n) is 16.8. The van der Waals surface area contributed by atoms with Crippen molar-refractivity contribution in [2.45, 2.75) is 25.6 Å². The molecule has 12 heteroatoms. The summed E-state index contributed by atoms with van der Waals surface area (Å²) in [5.41, 5.74) is 1.78. The molecular weight excluding hydrogens is 445 g/mol. The van der Waals surface area contributed by atoms with E-state index in [0.29, 0.717) is 17.8 Å². The van der Waals surface area contributed by atoms with E-state index in [1.807, 2.05) is 0 Å². The minimum absolute atomic E-state index is 0.189. The minimum atomic E-state index is -4.74. The van der Waals surface area contributed by atoms with Crippen molar-refractivity contribution < 1.29 is 32.3 Å². The van der Waals surface area contributed by atoms with Crippen LogP contribution in [-0.4, -0.2) is 38.5 Å². The molecule has 0 bridgehead atoms. The highest BCUT2D eigenvalue weighted by molar-refractivity contribution is 5.42. The third kappa shape index (κ3) is 5.98. The van der Waals surface area contributed by atoms with Gasteiger partial charge in [-0.25, -0.2) is 4.98 Å². The summed E-state index contributed by atoms with van der Waals surface area (Å²) in [5.74, 6) is 5.05. The number of hydrogen-bond donors (Lipinski definition) is 0. The number of hydrogen-bond acceptors (Lipinski definition) is 7. The fourth-order valence-corrected chi connectivity index (χ4v) is 2.93. The van der Waals surface area contributed by atoms with Crippen LogP contribution in [0.4, 0.5) is 19.0 Å². The minimum Gasteiger partial charge on any atom is -0.443 e. The van der Waals surface area contributed by atoms with Gasteiger partial charge >= 0.3 is 18.2 Å². The number of aromatic nitrogens is 3. The molecule has 0 fully saturated rings.